The summed E-state index contributed by atoms with van der Waals surface area (Å²) < 4.78 is 0. The number of benzene rings is 2. The van der Waals surface area contributed by atoms with E-state index in [0.29, 0.717) is 0 Å². The smallest absolute Gasteiger partial charge is 0.318 e. The van der Waals surface area contributed by atoms with Gasteiger partial charge in [-0.3, -0.25) is 0 Å². The second-order valence-corrected chi connectivity index (χ2v) is 4.62. The van der Waals surface area contributed by atoms with Gasteiger partial charge in [0.15, 0.2) is 0 Å². The van der Waals surface area contributed by atoms with E-state index in [9.17, 15) is 4.79 Å². The van der Waals surface area contributed by atoms with Crippen LogP contribution in [-0.2, 0) is 6.54 Å². The lowest BCUT2D eigenvalue weighted by Gasteiger charge is -2.09. The van der Waals surface area contributed by atoms with E-state index in [4.69, 9.17) is 0 Å². The Kier molecular flexibility index (Phi) is 4.60. The predicted molar refractivity (Wildman–Crippen MR) is 83.0 cm³/mol. The Morgan fingerprint density at radius 3 is 2.15 bits per heavy atom. The minimum Gasteiger partial charge on any atom is -0.381 e. The molecule has 0 radical (unpaired) electrons. The van der Waals surface area contributed by atoms with Gasteiger partial charge in [0.1, 0.15) is 0 Å². The molecule has 2 rings (SSSR count). The molecule has 2 aromatic rings. The molecule has 2 aromatic carbocycles. The van der Waals surface area contributed by atoms with Crippen molar-refractivity contribution in [1.29, 1.82) is 0 Å². The van der Waals surface area contributed by atoms with Crippen molar-refractivity contribution in [3.05, 3.63) is 59.7 Å². The molecule has 20 heavy (non-hydrogen) atoms. The number of hydrogen-bond donors (Lipinski definition) is 3. The molecule has 0 aromatic heterocycles. The Balaban J connectivity index is 1.90. The monoisotopic (exact) mass is 269 g/mol. The highest BCUT2D eigenvalue weighted by Gasteiger charge is 1.99. The molecule has 0 fully saturated rings. The number of carbonyl (C=O) groups excluding carboxylic acids is 1. The molecule has 0 unspecified atom stereocenters. The van der Waals surface area contributed by atoms with Crippen LogP contribution in [-0.4, -0.2) is 13.1 Å². The van der Waals surface area contributed by atoms with Crippen LogP contribution in [0.5, 0.6) is 0 Å². The van der Waals surface area contributed by atoms with Gasteiger partial charge in [-0.1, -0.05) is 29.8 Å². The minimum absolute atomic E-state index is 0.217. The molecule has 4 nitrogen and oxygen atoms in total. The fourth-order valence-electron chi connectivity index (χ4n) is 1.78. The number of urea groups is 1. The first-order valence-corrected chi connectivity index (χ1v) is 6.55. The standard InChI is InChI=1S/C16H19N3O/c1-12-3-5-13(6-4-12)11-18-14-7-9-15(10-8-14)19-16(20)17-2/h3-10,18H,11H2,1-2H3,(H2,17,19,20). The average Bonchev–Trinajstić information content (AvgIpc) is 2.48. The minimum atomic E-state index is -0.217. The quantitative estimate of drug-likeness (QED) is 0.797. The van der Waals surface area contributed by atoms with Crippen molar-refractivity contribution >= 4 is 17.4 Å². The zero-order valence-corrected chi connectivity index (χ0v) is 11.7. The lowest BCUT2D eigenvalue weighted by Crippen LogP contribution is -2.24. The van der Waals surface area contributed by atoms with Crippen LogP contribution in [0.4, 0.5) is 16.2 Å². The van der Waals surface area contributed by atoms with Gasteiger partial charge in [-0.05, 0) is 36.8 Å². The molecule has 4 heteroatoms. The van der Waals surface area contributed by atoms with Gasteiger partial charge in [-0.15, -0.1) is 0 Å². The maximum atomic E-state index is 11.2. The predicted octanol–water partition coefficient (Wildman–Crippen LogP) is 3.36. The summed E-state index contributed by atoms with van der Waals surface area (Å²) in [5.74, 6) is 0. The van der Waals surface area contributed by atoms with Gasteiger partial charge in [-0.2, -0.15) is 0 Å². The summed E-state index contributed by atoms with van der Waals surface area (Å²) in [5.41, 5.74) is 4.29. The van der Waals surface area contributed by atoms with Crippen LogP contribution in [0.15, 0.2) is 48.5 Å². The third-order valence-corrected chi connectivity index (χ3v) is 2.99. The van der Waals surface area contributed by atoms with Crippen molar-refractivity contribution in [1.82, 2.24) is 5.32 Å². The van der Waals surface area contributed by atoms with Crippen LogP contribution < -0.4 is 16.0 Å². The highest BCUT2D eigenvalue weighted by atomic mass is 16.2. The molecule has 0 heterocycles. The van der Waals surface area contributed by atoms with Crippen LogP contribution in [0, 0.1) is 6.92 Å². The van der Waals surface area contributed by atoms with Gasteiger partial charge in [-0.25, -0.2) is 4.79 Å². The van der Waals surface area contributed by atoms with Crippen molar-refractivity contribution in [2.75, 3.05) is 17.7 Å². The number of anilines is 2. The van der Waals surface area contributed by atoms with Crippen molar-refractivity contribution in [2.45, 2.75) is 13.5 Å². The molecular weight excluding hydrogens is 250 g/mol. The molecule has 0 spiro atoms. The van der Waals surface area contributed by atoms with Gasteiger partial charge in [0.25, 0.3) is 0 Å². The van der Waals surface area contributed by atoms with Crippen LogP contribution in [0.3, 0.4) is 0 Å². The zero-order valence-electron chi connectivity index (χ0n) is 11.7. The molecule has 0 saturated heterocycles. The van der Waals surface area contributed by atoms with Gasteiger partial charge >= 0.3 is 6.03 Å². The number of nitrogens with one attached hydrogen (secondary N) is 3. The molecule has 0 aliphatic heterocycles. The van der Waals surface area contributed by atoms with E-state index in [2.05, 4.69) is 47.1 Å². The first kappa shape index (κ1) is 13.9. The Bertz CT molecular complexity index is 561. The highest BCUT2D eigenvalue weighted by Crippen LogP contribution is 2.14. The summed E-state index contributed by atoms with van der Waals surface area (Å²) in [6, 6.07) is 15.8. The highest BCUT2D eigenvalue weighted by molar-refractivity contribution is 5.89. The Morgan fingerprint density at radius 1 is 0.950 bits per heavy atom. The van der Waals surface area contributed by atoms with E-state index < -0.39 is 0 Å². The maximum absolute atomic E-state index is 11.2. The number of hydrogen-bond acceptors (Lipinski definition) is 2. The fourth-order valence-corrected chi connectivity index (χ4v) is 1.78. The van der Waals surface area contributed by atoms with Crippen LogP contribution in [0.2, 0.25) is 0 Å². The van der Waals surface area contributed by atoms with Gasteiger partial charge < -0.3 is 16.0 Å². The van der Waals surface area contributed by atoms with Crippen molar-refractivity contribution in [2.24, 2.45) is 0 Å². The van der Waals surface area contributed by atoms with E-state index in [1.54, 1.807) is 7.05 Å². The zero-order chi connectivity index (χ0) is 14.4. The first-order valence-electron chi connectivity index (χ1n) is 6.55. The Morgan fingerprint density at radius 2 is 1.55 bits per heavy atom. The normalized spacial score (nSPS) is 9.90. The van der Waals surface area contributed by atoms with Gasteiger partial charge in [0.2, 0.25) is 0 Å². The summed E-state index contributed by atoms with van der Waals surface area (Å²) in [6.45, 7) is 2.86. The summed E-state index contributed by atoms with van der Waals surface area (Å²) in [4.78, 5) is 11.2. The topological polar surface area (TPSA) is 53.2 Å². The Hall–Kier alpha value is -2.49. The molecule has 0 saturated carbocycles. The molecule has 0 aliphatic rings. The van der Waals surface area contributed by atoms with E-state index in [-0.39, 0.29) is 6.03 Å². The lowest BCUT2D eigenvalue weighted by molar-refractivity contribution is 0.254. The number of amides is 2. The van der Waals surface area contributed by atoms with Crippen molar-refractivity contribution in [3.8, 4) is 0 Å². The molecule has 104 valence electrons. The fraction of sp³-hybridized carbons (Fsp3) is 0.188. The van der Waals surface area contributed by atoms with E-state index >= 15 is 0 Å². The Labute approximate surface area is 119 Å². The van der Waals surface area contributed by atoms with Crippen LogP contribution >= 0.6 is 0 Å². The maximum Gasteiger partial charge on any atom is 0.318 e. The summed E-state index contributed by atoms with van der Waals surface area (Å²) in [5, 5.41) is 8.58. The molecule has 0 aliphatic carbocycles. The van der Waals surface area contributed by atoms with Crippen molar-refractivity contribution < 1.29 is 4.79 Å². The van der Waals surface area contributed by atoms with Crippen molar-refractivity contribution in [3.63, 3.8) is 0 Å². The van der Waals surface area contributed by atoms with Gasteiger partial charge in [0, 0.05) is 25.0 Å². The second-order valence-electron chi connectivity index (χ2n) is 4.62. The molecule has 2 amide bonds. The summed E-state index contributed by atoms with van der Waals surface area (Å²) in [7, 11) is 1.59. The number of rotatable bonds is 4. The van der Waals surface area contributed by atoms with E-state index in [1.807, 2.05) is 24.3 Å². The lowest BCUT2D eigenvalue weighted by atomic mass is 10.1. The largest absolute Gasteiger partial charge is 0.381 e. The van der Waals surface area contributed by atoms with E-state index in [1.165, 1.54) is 11.1 Å². The third-order valence-electron chi connectivity index (χ3n) is 2.99. The third kappa shape index (κ3) is 4.02. The van der Waals surface area contributed by atoms with Crippen LogP contribution in [0.25, 0.3) is 0 Å². The average molecular weight is 269 g/mol. The molecule has 3 N–H and O–H groups in total. The summed E-state index contributed by atoms with van der Waals surface area (Å²) in [6.07, 6.45) is 0. The molecule has 0 bridgehead atoms. The molecular formula is C16H19N3O. The van der Waals surface area contributed by atoms with Gasteiger partial charge in [0.05, 0.1) is 0 Å². The second kappa shape index (κ2) is 6.61. The molecule has 0 atom stereocenters. The first-order chi connectivity index (χ1) is 9.67. The van der Waals surface area contributed by atoms with Crippen LogP contribution in [0.1, 0.15) is 11.1 Å². The number of carbonyl (C=O) groups is 1. The SMILES string of the molecule is CNC(=O)Nc1ccc(NCc2ccc(C)cc2)cc1. The number of aryl methyl sites for hydroxylation is 1. The van der Waals surface area contributed by atoms with E-state index in [0.717, 1.165) is 17.9 Å². The summed E-state index contributed by atoms with van der Waals surface area (Å²) >= 11 is 0.